The maximum atomic E-state index is 14.8. The number of nitrogens with zero attached hydrogens (tertiary/aromatic N) is 3. The van der Waals surface area contributed by atoms with Crippen LogP contribution in [0.5, 0.6) is 0 Å². The number of nitrogens with two attached hydrogens (primary N) is 2. The third kappa shape index (κ3) is 4.75. The predicted molar refractivity (Wildman–Crippen MR) is 166 cm³/mol. The van der Waals surface area contributed by atoms with E-state index in [2.05, 4.69) is 15.3 Å². The van der Waals surface area contributed by atoms with Gasteiger partial charge in [0.05, 0.1) is 40.5 Å². The molecule has 2 atom stereocenters. The summed E-state index contributed by atoms with van der Waals surface area (Å²) in [7, 11) is 0. The first-order chi connectivity index (χ1) is 20.9. The lowest BCUT2D eigenvalue weighted by atomic mass is 9.68. The second kappa shape index (κ2) is 10.7. The Morgan fingerprint density at radius 1 is 0.795 bits per heavy atom. The molecule has 1 aliphatic rings. The van der Waals surface area contributed by atoms with Crippen LogP contribution in [0.1, 0.15) is 36.8 Å². The van der Waals surface area contributed by atoms with Crippen LogP contribution in [0.15, 0.2) is 90.1 Å². The summed E-state index contributed by atoms with van der Waals surface area (Å²) < 4.78 is 38.9. The van der Waals surface area contributed by atoms with Gasteiger partial charge in [0.15, 0.2) is 0 Å². The van der Waals surface area contributed by atoms with Gasteiger partial charge >= 0.3 is 11.5 Å². The first-order valence-corrected chi connectivity index (χ1v) is 14.5. The van der Waals surface area contributed by atoms with Gasteiger partial charge in [0.1, 0.15) is 5.54 Å². The maximum absolute atomic E-state index is 14.8. The average Bonchev–Trinajstić information content (AvgIpc) is 3.26. The molecule has 3 aromatic carbocycles. The number of hydrogen-bond donors (Lipinski definition) is 3. The number of urea groups is 1. The van der Waals surface area contributed by atoms with Crippen LogP contribution in [0.25, 0.3) is 21.8 Å². The molecule has 5 aromatic rings. The number of aromatic nitrogens is 2. The van der Waals surface area contributed by atoms with Gasteiger partial charge in [-0.2, -0.15) is 13.2 Å². The fourth-order valence-electron chi connectivity index (χ4n) is 6.33. The van der Waals surface area contributed by atoms with Crippen molar-refractivity contribution in [2.45, 2.75) is 41.6 Å². The number of fused-ring (bicyclic) bond motifs is 2. The molecule has 3 amide bonds. The number of anilines is 3. The van der Waals surface area contributed by atoms with Crippen molar-refractivity contribution >= 4 is 62.6 Å². The molecule has 2 unspecified atom stereocenters. The van der Waals surface area contributed by atoms with Gasteiger partial charge in [-0.1, -0.05) is 50.2 Å². The molecule has 0 saturated carbocycles. The number of halogens is 3. The Kier molecular flexibility index (Phi) is 7.11. The van der Waals surface area contributed by atoms with Gasteiger partial charge in [-0.3, -0.25) is 14.8 Å². The maximum Gasteiger partial charge on any atom is 0.446 e. The van der Waals surface area contributed by atoms with Crippen LogP contribution in [0.4, 0.5) is 35.0 Å². The fraction of sp³-hybridized carbons (Fsp3) is 0.188. The predicted octanol–water partition coefficient (Wildman–Crippen LogP) is 6.96. The van der Waals surface area contributed by atoms with E-state index in [4.69, 9.17) is 11.5 Å². The summed E-state index contributed by atoms with van der Waals surface area (Å²) in [5.41, 5.74) is 10.3. The number of benzene rings is 3. The van der Waals surface area contributed by atoms with E-state index in [0.29, 0.717) is 44.3 Å². The molecule has 8 nitrogen and oxygen atoms in total. The number of pyridine rings is 2. The lowest BCUT2D eigenvalue weighted by Gasteiger charge is -2.40. The summed E-state index contributed by atoms with van der Waals surface area (Å²) in [6.45, 7) is 3.64. The van der Waals surface area contributed by atoms with Crippen LogP contribution in [0.2, 0.25) is 0 Å². The van der Waals surface area contributed by atoms with Crippen LogP contribution in [-0.2, 0) is 4.79 Å². The van der Waals surface area contributed by atoms with E-state index in [9.17, 15) is 22.8 Å². The number of amides is 3. The van der Waals surface area contributed by atoms with Crippen molar-refractivity contribution in [1.82, 2.24) is 15.3 Å². The van der Waals surface area contributed by atoms with Crippen molar-refractivity contribution in [2.24, 2.45) is 0 Å². The lowest BCUT2D eigenvalue weighted by Crippen LogP contribution is -2.55. The van der Waals surface area contributed by atoms with Crippen LogP contribution >= 0.6 is 11.8 Å². The molecule has 12 heteroatoms. The third-order valence-electron chi connectivity index (χ3n) is 8.33. The second-order valence-corrected chi connectivity index (χ2v) is 11.9. The van der Waals surface area contributed by atoms with E-state index in [1.165, 1.54) is 36.7 Å². The minimum Gasteiger partial charge on any atom is -0.397 e. The molecule has 44 heavy (non-hydrogen) atoms. The number of alkyl halides is 3. The van der Waals surface area contributed by atoms with Crippen molar-refractivity contribution in [2.75, 3.05) is 16.4 Å². The van der Waals surface area contributed by atoms with Crippen molar-refractivity contribution in [1.29, 1.82) is 0 Å². The summed E-state index contributed by atoms with van der Waals surface area (Å²) in [5, 5.41) is 4.43. The second-order valence-electron chi connectivity index (χ2n) is 10.7. The summed E-state index contributed by atoms with van der Waals surface area (Å²) in [5.74, 6) is -2.05. The van der Waals surface area contributed by atoms with Crippen molar-refractivity contribution in [3.05, 3.63) is 96.3 Å². The van der Waals surface area contributed by atoms with Crippen LogP contribution < -0.4 is 21.7 Å². The van der Waals surface area contributed by atoms with Gasteiger partial charge < -0.3 is 16.8 Å². The Morgan fingerprint density at radius 2 is 1.27 bits per heavy atom. The first kappa shape index (κ1) is 29.2. The van der Waals surface area contributed by atoms with E-state index < -0.39 is 34.8 Å². The number of imide groups is 1. The van der Waals surface area contributed by atoms with E-state index in [-0.39, 0.29) is 22.3 Å². The SMILES string of the molecule is CC(c1c(N)cnc2ccccc12)C1(C(C)c2c(N)cnc3ccccc23)NC(=O)N(c2ccc(SC(F)(F)F)cc2)C1=O. The van der Waals surface area contributed by atoms with Gasteiger partial charge in [0.25, 0.3) is 5.91 Å². The molecule has 6 rings (SSSR count). The molecule has 0 spiro atoms. The topological polar surface area (TPSA) is 127 Å². The fourth-order valence-corrected chi connectivity index (χ4v) is 6.87. The molecule has 2 aromatic heterocycles. The molecule has 224 valence electrons. The average molecular weight is 617 g/mol. The summed E-state index contributed by atoms with van der Waals surface area (Å²) in [6.07, 6.45) is 3.05. The minimum absolute atomic E-state index is 0.0756. The normalized spacial score (nSPS) is 18.5. The van der Waals surface area contributed by atoms with Gasteiger partial charge in [0, 0.05) is 27.5 Å². The lowest BCUT2D eigenvalue weighted by molar-refractivity contribution is -0.123. The van der Waals surface area contributed by atoms with E-state index in [1.54, 1.807) is 0 Å². The molecule has 1 saturated heterocycles. The Bertz CT molecular complexity index is 1840. The van der Waals surface area contributed by atoms with Crippen LogP contribution in [0, 0.1) is 0 Å². The summed E-state index contributed by atoms with van der Waals surface area (Å²) in [4.78, 5) is 38.4. The molecule has 0 aliphatic carbocycles. The third-order valence-corrected chi connectivity index (χ3v) is 9.07. The Balaban J connectivity index is 1.55. The number of carbonyl (C=O) groups is 2. The molecule has 3 heterocycles. The Hall–Kier alpha value is -4.84. The van der Waals surface area contributed by atoms with Gasteiger partial charge in [-0.05, 0) is 59.3 Å². The highest BCUT2D eigenvalue weighted by atomic mass is 32.2. The van der Waals surface area contributed by atoms with Crippen molar-refractivity contribution < 1.29 is 22.8 Å². The molecule has 0 bridgehead atoms. The van der Waals surface area contributed by atoms with E-state index in [1.807, 2.05) is 62.4 Å². The summed E-state index contributed by atoms with van der Waals surface area (Å²) in [6, 6.07) is 19.1. The molecule has 1 fully saturated rings. The number of hydrogen-bond acceptors (Lipinski definition) is 7. The van der Waals surface area contributed by atoms with E-state index in [0.717, 1.165) is 4.90 Å². The molecular weight excluding hydrogens is 589 g/mol. The number of nitrogen functional groups attached to an aromatic ring is 2. The van der Waals surface area contributed by atoms with Crippen LogP contribution in [0.3, 0.4) is 0 Å². The first-order valence-electron chi connectivity index (χ1n) is 13.7. The molecule has 0 radical (unpaired) electrons. The Labute approximate surface area is 254 Å². The Morgan fingerprint density at radius 3 is 1.75 bits per heavy atom. The number of thioether (sulfide) groups is 1. The highest BCUT2D eigenvalue weighted by molar-refractivity contribution is 8.00. The highest BCUT2D eigenvalue weighted by Crippen LogP contribution is 2.49. The summed E-state index contributed by atoms with van der Waals surface area (Å²) >= 11 is -0.281. The molecule has 5 N–H and O–H groups in total. The van der Waals surface area contributed by atoms with Gasteiger partial charge in [0.2, 0.25) is 0 Å². The largest absolute Gasteiger partial charge is 0.446 e. The zero-order valence-corrected chi connectivity index (χ0v) is 24.4. The van der Waals surface area contributed by atoms with Crippen molar-refractivity contribution in [3.8, 4) is 0 Å². The number of rotatable bonds is 6. The zero-order valence-electron chi connectivity index (χ0n) is 23.6. The smallest absolute Gasteiger partial charge is 0.397 e. The quantitative estimate of drug-likeness (QED) is 0.139. The van der Waals surface area contributed by atoms with Gasteiger partial charge in [-0.15, -0.1) is 0 Å². The van der Waals surface area contributed by atoms with Gasteiger partial charge in [-0.25, -0.2) is 9.69 Å². The van der Waals surface area contributed by atoms with Crippen molar-refractivity contribution in [3.63, 3.8) is 0 Å². The number of nitrogens with one attached hydrogen (secondary N) is 1. The van der Waals surface area contributed by atoms with Crippen LogP contribution in [-0.4, -0.2) is 33.0 Å². The van der Waals surface area contributed by atoms with E-state index >= 15 is 0 Å². The standard InChI is InChI=1S/C32H27F3N6O2S/c1-17(27-21-7-3-5-9-25(21)38-15-23(27)36)31(18(2)28-22-8-4-6-10-26(22)39-16-24(28)37)29(42)41(30(43)40-31)19-11-13-20(14-12-19)44-32(33,34)35/h3-18H,36-37H2,1-2H3,(H,40,43). The zero-order chi connectivity index (χ0) is 31.4. The molecular formula is C32H27F3N6O2S. The highest BCUT2D eigenvalue weighted by Gasteiger charge is 2.59. The minimum atomic E-state index is -4.48. The number of para-hydroxylation sites is 2. The number of carbonyl (C=O) groups excluding carboxylic acids is 2. The monoisotopic (exact) mass is 616 g/mol. The molecule has 1 aliphatic heterocycles.